The maximum atomic E-state index is 11.9. The lowest BCUT2D eigenvalue weighted by Gasteiger charge is -2.37. The van der Waals surface area contributed by atoms with E-state index < -0.39 is 0 Å². The third kappa shape index (κ3) is 4.39. The Hall–Kier alpha value is -2.34. The molecule has 0 radical (unpaired) electrons. The summed E-state index contributed by atoms with van der Waals surface area (Å²) in [5.74, 6) is 0.857. The number of nitrogens with one attached hydrogen (secondary N) is 2. The highest BCUT2D eigenvalue weighted by molar-refractivity contribution is 5.67. The summed E-state index contributed by atoms with van der Waals surface area (Å²) >= 11 is 0. The Bertz CT molecular complexity index is 688. The fraction of sp³-hybridized carbons (Fsp3) is 0.474. The number of carbonyl (C=O) groups is 1. The molecule has 1 heterocycles. The molecule has 1 aromatic heterocycles. The van der Waals surface area contributed by atoms with Crippen LogP contribution in [-0.2, 0) is 11.3 Å². The topological polar surface area (TPSA) is 76.4 Å². The SMILES string of the molecule is Cc1noc(C)c1C(C)NC1CC(NC(=O)OCc2ccccc2)C1. The van der Waals surface area contributed by atoms with E-state index in [0.717, 1.165) is 35.4 Å². The van der Waals surface area contributed by atoms with Crippen LogP contribution in [0.5, 0.6) is 0 Å². The molecule has 2 N–H and O–H groups in total. The van der Waals surface area contributed by atoms with Crippen LogP contribution < -0.4 is 10.6 Å². The number of ether oxygens (including phenoxy) is 1. The fourth-order valence-corrected chi connectivity index (χ4v) is 3.35. The van der Waals surface area contributed by atoms with Gasteiger partial charge < -0.3 is 19.9 Å². The molecule has 0 aliphatic heterocycles. The maximum Gasteiger partial charge on any atom is 0.407 e. The van der Waals surface area contributed by atoms with Crippen LogP contribution in [0, 0.1) is 13.8 Å². The molecule has 134 valence electrons. The van der Waals surface area contributed by atoms with Gasteiger partial charge in [-0.25, -0.2) is 4.79 Å². The van der Waals surface area contributed by atoms with Gasteiger partial charge in [0, 0.05) is 23.7 Å². The molecule has 1 saturated carbocycles. The highest BCUT2D eigenvalue weighted by Gasteiger charge is 2.32. The first-order valence-electron chi connectivity index (χ1n) is 8.69. The Morgan fingerprint density at radius 3 is 2.64 bits per heavy atom. The minimum atomic E-state index is -0.355. The number of hydrogen-bond donors (Lipinski definition) is 2. The van der Waals surface area contributed by atoms with Gasteiger partial charge in [-0.15, -0.1) is 0 Å². The zero-order valence-corrected chi connectivity index (χ0v) is 14.9. The standard InChI is InChI=1S/C19H25N3O3/c1-12(18-13(2)22-25-14(18)3)20-16-9-17(10-16)21-19(23)24-11-15-7-5-4-6-8-15/h4-8,12,16-17,20H,9-11H2,1-3H3,(H,21,23). The summed E-state index contributed by atoms with van der Waals surface area (Å²) in [7, 11) is 0. The first-order chi connectivity index (χ1) is 12.0. The largest absolute Gasteiger partial charge is 0.445 e. The predicted molar refractivity (Wildman–Crippen MR) is 94.1 cm³/mol. The number of amides is 1. The number of aryl methyl sites for hydroxylation is 2. The third-order valence-corrected chi connectivity index (χ3v) is 4.68. The van der Waals surface area contributed by atoms with Crippen LogP contribution in [-0.4, -0.2) is 23.3 Å². The molecule has 0 spiro atoms. The van der Waals surface area contributed by atoms with Gasteiger partial charge in [0.05, 0.1) is 5.69 Å². The molecule has 1 aliphatic carbocycles. The highest BCUT2D eigenvalue weighted by Crippen LogP contribution is 2.26. The summed E-state index contributed by atoms with van der Waals surface area (Å²) < 4.78 is 10.5. The van der Waals surface area contributed by atoms with E-state index in [1.807, 2.05) is 44.2 Å². The number of alkyl carbamates (subject to hydrolysis) is 1. The van der Waals surface area contributed by atoms with Crippen molar-refractivity contribution in [3.8, 4) is 0 Å². The van der Waals surface area contributed by atoms with E-state index in [4.69, 9.17) is 9.26 Å². The molecule has 1 unspecified atom stereocenters. The molecule has 3 rings (SSSR count). The van der Waals surface area contributed by atoms with Crippen LogP contribution in [0.3, 0.4) is 0 Å². The second kappa shape index (κ2) is 7.70. The maximum absolute atomic E-state index is 11.9. The lowest BCUT2D eigenvalue weighted by Crippen LogP contribution is -2.52. The molecular formula is C19H25N3O3. The summed E-state index contributed by atoms with van der Waals surface area (Å²) in [4.78, 5) is 11.9. The Kier molecular flexibility index (Phi) is 5.38. The van der Waals surface area contributed by atoms with Gasteiger partial charge in [0.25, 0.3) is 0 Å². The van der Waals surface area contributed by atoms with Gasteiger partial charge in [-0.1, -0.05) is 35.5 Å². The van der Waals surface area contributed by atoms with Gasteiger partial charge in [0.1, 0.15) is 12.4 Å². The Morgan fingerprint density at radius 2 is 2.00 bits per heavy atom. The minimum Gasteiger partial charge on any atom is -0.445 e. The van der Waals surface area contributed by atoms with Crippen molar-refractivity contribution in [1.82, 2.24) is 15.8 Å². The second-order valence-corrected chi connectivity index (χ2v) is 6.70. The molecule has 0 saturated heterocycles. The molecule has 1 atom stereocenters. The Morgan fingerprint density at radius 1 is 1.28 bits per heavy atom. The van der Waals surface area contributed by atoms with E-state index in [2.05, 4.69) is 22.7 Å². The summed E-state index contributed by atoms with van der Waals surface area (Å²) in [5.41, 5.74) is 3.04. The van der Waals surface area contributed by atoms with Crippen molar-refractivity contribution in [2.24, 2.45) is 0 Å². The molecule has 1 fully saturated rings. The van der Waals surface area contributed by atoms with Gasteiger partial charge in [0.15, 0.2) is 0 Å². The van der Waals surface area contributed by atoms with Crippen molar-refractivity contribution in [2.45, 2.75) is 58.3 Å². The van der Waals surface area contributed by atoms with Crippen LogP contribution in [0.2, 0.25) is 0 Å². The van der Waals surface area contributed by atoms with Gasteiger partial charge in [0.2, 0.25) is 0 Å². The zero-order chi connectivity index (χ0) is 17.8. The molecule has 1 aromatic carbocycles. The van der Waals surface area contributed by atoms with Gasteiger partial charge >= 0.3 is 6.09 Å². The molecule has 0 bridgehead atoms. The quantitative estimate of drug-likeness (QED) is 0.841. The number of rotatable bonds is 6. The molecule has 6 heteroatoms. The van der Waals surface area contributed by atoms with Crippen molar-refractivity contribution in [3.05, 3.63) is 52.9 Å². The smallest absolute Gasteiger partial charge is 0.407 e. The lowest BCUT2D eigenvalue weighted by atomic mass is 9.86. The van der Waals surface area contributed by atoms with E-state index in [1.54, 1.807) is 0 Å². The molecule has 25 heavy (non-hydrogen) atoms. The molecule has 2 aromatic rings. The number of nitrogens with zero attached hydrogens (tertiary/aromatic N) is 1. The average molecular weight is 343 g/mol. The Balaban J connectivity index is 1.37. The van der Waals surface area contributed by atoms with Crippen LogP contribution >= 0.6 is 0 Å². The van der Waals surface area contributed by atoms with E-state index in [1.165, 1.54) is 0 Å². The first-order valence-corrected chi connectivity index (χ1v) is 8.69. The van der Waals surface area contributed by atoms with E-state index in [-0.39, 0.29) is 18.2 Å². The number of hydrogen-bond acceptors (Lipinski definition) is 5. The van der Waals surface area contributed by atoms with Crippen molar-refractivity contribution in [3.63, 3.8) is 0 Å². The number of benzene rings is 1. The monoisotopic (exact) mass is 343 g/mol. The zero-order valence-electron chi connectivity index (χ0n) is 14.9. The van der Waals surface area contributed by atoms with Crippen LogP contribution in [0.1, 0.15) is 48.4 Å². The highest BCUT2D eigenvalue weighted by atomic mass is 16.5. The minimum absolute atomic E-state index is 0.164. The van der Waals surface area contributed by atoms with Crippen LogP contribution in [0.25, 0.3) is 0 Å². The number of aromatic nitrogens is 1. The summed E-state index contributed by atoms with van der Waals surface area (Å²) in [6, 6.07) is 10.4. The summed E-state index contributed by atoms with van der Waals surface area (Å²) in [6.07, 6.45) is 1.44. The predicted octanol–water partition coefficient (Wildman–Crippen LogP) is 3.40. The van der Waals surface area contributed by atoms with Crippen LogP contribution in [0.15, 0.2) is 34.9 Å². The fourth-order valence-electron chi connectivity index (χ4n) is 3.35. The van der Waals surface area contributed by atoms with Crippen molar-refractivity contribution in [1.29, 1.82) is 0 Å². The van der Waals surface area contributed by atoms with Crippen molar-refractivity contribution < 1.29 is 14.1 Å². The molecule has 6 nitrogen and oxygen atoms in total. The third-order valence-electron chi connectivity index (χ3n) is 4.68. The average Bonchev–Trinajstić information content (AvgIpc) is 2.90. The molecule has 1 amide bonds. The van der Waals surface area contributed by atoms with Gasteiger partial charge in [-0.2, -0.15) is 0 Å². The van der Waals surface area contributed by atoms with E-state index in [9.17, 15) is 4.79 Å². The van der Waals surface area contributed by atoms with E-state index >= 15 is 0 Å². The van der Waals surface area contributed by atoms with Gasteiger partial charge in [-0.3, -0.25) is 0 Å². The van der Waals surface area contributed by atoms with E-state index in [0.29, 0.717) is 12.6 Å². The van der Waals surface area contributed by atoms with Gasteiger partial charge in [-0.05, 0) is 39.2 Å². The first kappa shape index (κ1) is 17.5. The lowest BCUT2D eigenvalue weighted by molar-refractivity contribution is 0.124. The Labute approximate surface area is 147 Å². The molecular weight excluding hydrogens is 318 g/mol. The number of carbonyl (C=O) groups excluding carboxylic acids is 1. The van der Waals surface area contributed by atoms with Crippen molar-refractivity contribution in [2.75, 3.05) is 0 Å². The summed E-state index contributed by atoms with van der Waals surface area (Å²) in [6.45, 7) is 6.30. The molecule has 1 aliphatic rings. The summed E-state index contributed by atoms with van der Waals surface area (Å²) in [5, 5.41) is 10.5. The normalized spacial score (nSPS) is 20.6. The van der Waals surface area contributed by atoms with Crippen molar-refractivity contribution >= 4 is 6.09 Å². The van der Waals surface area contributed by atoms with Crippen LogP contribution in [0.4, 0.5) is 4.79 Å². The second-order valence-electron chi connectivity index (χ2n) is 6.70.